The van der Waals surface area contributed by atoms with E-state index in [2.05, 4.69) is 16.1 Å². The number of aromatic nitrogens is 2. The molecule has 33 heavy (non-hydrogen) atoms. The SMILES string of the molecule is C=C(OP(=O)(O)OC)[C@@H]1Cn2c(c(-c3ccc(F)c(F)c3)c3ncccc32)C(=O)N1C1CC1. The van der Waals surface area contributed by atoms with Gasteiger partial charge in [0.15, 0.2) is 11.6 Å². The Hall–Kier alpha value is -3.07. The molecule has 0 radical (unpaired) electrons. The van der Waals surface area contributed by atoms with Crippen molar-refractivity contribution in [2.45, 2.75) is 31.5 Å². The lowest BCUT2D eigenvalue weighted by Crippen LogP contribution is -2.50. The smallest absolute Gasteiger partial charge is 0.407 e. The van der Waals surface area contributed by atoms with Crippen molar-refractivity contribution in [2.24, 2.45) is 0 Å². The average molecular weight is 475 g/mol. The van der Waals surface area contributed by atoms with Gasteiger partial charge < -0.3 is 14.0 Å². The molecule has 1 unspecified atom stereocenters. The molecule has 11 heteroatoms. The number of pyridine rings is 1. The summed E-state index contributed by atoms with van der Waals surface area (Å²) >= 11 is 0. The summed E-state index contributed by atoms with van der Waals surface area (Å²) in [6.07, 6.45) is 3.08. The Morgan fingerprint density at radius 1 is 1.27 bits per heavy atom. The van der Waals surface area contributed by atoms with E-state index in [9.17, 15) is 23.0 Å². The minimum absolute atomic E-state index is 0.0753. The summed E-state index contributed by atoms with van der Waals surface area (Å²) in [4.78, 5) is 29.6. The van der Waals surface area contributed by atoms with Crippen LogP contribution in [0.15, 0.2) is 48.9 Å². The van der Waals surface area contributed by atoms with Crippen LogP contribution in [0.2, 0.25) is 0 Å². The Kier molecular flexibility index (Phi) is 5.12. The van der Waals surface area contributed by atoms with Crippen LogP contribution >= 0.6 is 7.82 Å². The molecule has 5 rings (SSSR count). The van der Waals surface area contributed by atoms with Crippen molar-refractivity contribution in [3.63, 3.8) is 0 Å². The van der Waals surface area contributed by atoms with Crippen LogP contribution in [0.5, 0.6) is 0 Å². The number of phosphoric acid groups is 1. The summed E-state index contributed by atoms with van der Waals surface area (Å²) < 4.78 is 51.0. The molecule has 8 nitrogen and oxygen atoms in total. The summed E-state index contributed by atoms with van der Waals surface area (Å²) in [7, 11) is -3.34. The number of benzene rings is 1. The molecule has 1 N–H and O–H groups in total. The van der Waals surface area contributed by atoms with Crippen LogP contribution in [0.25, 0.3) is 22.2 Å². The first kappa shape index (κ1) is 21.8. The van der Waals surface area contributed by atoms with Gasteiger partial charge in [0.25, 0.3) is 5.91 Å². The molecule has 0 spiro atoms. The monoisotopic (exact) mass is 475 g/mol. The maximum atomic E-state index is 14.1. The molecule has 1 aromatic carbocycles. The van der Waals surface area contributed by atoms with E-state index in [1.54, 1.807) is 27.8 Å². The molecule has 172 valence electrons. The van der Waals surface area contributed by atoms with E-state index in [4.69, 9.17) is 4.52 Å². The van der Waals surface area contributed by atoms with Gasteiger partial charge in [-0.25, -0.2) is 13.3 Å². The second kappa shape index (κ2) is 7.76. The van der Waals surface area contributed by atoms with Crippen molar-refractivity contribution in [2.75, 3.05) is 7.11 Å². The molecule has 3 heterocycles. The highest BCUT2D eigenvalue weighted by atomic mass is 31.2. The second-order valence-corrected chi connectivity index (χ2v) is 9.49. The van der Waals surface area contributed by atoms with Gasteiger partial charge in [0, 0.05) is 24.9 Å². The van der Waals surface area contributed by atoms with Gasteiger partial charge in [-0.1, -0.05) is 12.6 Å². The van der Waals surface area contributed by atoms with E-state index in [0.717, 1.165) is 32.1 Å². The lowest BCUT2D eigenvalue weighted by atomic mass is 10.0. The van der Waals surface area contributed by atoms with Crippen LogP contribution in [0.3, 0.4) is 0 Å². The summed E-state index contributed by atoms with van der Waals surface area (Å²) in [6.45, 7) is 3.97. The highest BCUT2D eigenvalue weighted by molar-refractivity contribution is 7.47. The predicted octanol–water partition coefficient (Wildman–Crippen LogP) is 4.25. The number of nitrogens with zero attached hydrogens (tertiary/aromatic N) is 3. The van der Waals surface area contributed by atoms with Crippen molar-refractivity contribution >= 4 is 24.8 Å². The summed E-state index contributed by atoms with van der Waals surface area (Å²) in [5, 5.41) is 0. The molecule has 2 aliphatic rings. The van der Waals surface area contributed by atoms with Crippen LogP contribution in [0.4, 0.5) is 8.78 Å². The highest BCUT2D eigenvalue weighted by Crippen LogP contribution is 2.48. The molecule has 0 saturated heterocycles. The van der Waals surface area contributed by atoms with Gasteiger partial charge in [0.05, 0.1) is 17.6 Å². The first-order valence-electron chi connectivity index (χ1n) is 10.2. The Labute approximate surface area is 187 Å². The van der Waals surface area contributed by atoms with Crippen LogP contribution in [0.1, 0.15) is 23.3 Å². The number of phosphoric ester groups is 1. The minimum atomic E-state index is -4.37. The minimum Gasteiger partial charge on any atom is -0.407 e. The van der Waals surface area contributed by atoms with Gasteiger partial charge >= 0.3 is 7.82 Å². The number of fused-ring (bicyclic) bond motifs is 3. The number of amides is 1. The van der Waals surface area contributed by atoms with Gasteiger partial charge in [-0.15, -0.1) is 0 Å². The summed E-state index contributed by atoms with van der Waals surface area (Å²) in [5.74, 6) is -2.47. The third-order valence-corrected chi connectivity index (χ3v) is 6.86. The largest absolute Gasteiger partial charge is 0.526 e. The van der Waals surface area contributed by atoms with Gasteiger partial charge in [0.2, 0.25) is 0 Å². The zero-order valence-corrected chi connectivity index (χ0v) is 18.5. The first-order valence-corrected chi connectivity index (χ1v) is 11.7. The average Bonchev–Trinajstić information content (AvgIpc) is 3.56. The molecule has 1 saturated carbocycles. The standard InChI is InChI=1S/C22H20F2N3O5P/c1-12(32-33(29,30)31-2)18-11-26-17-4-3-9-25-20(17)19(13-5-8-15(23)16(24)10-13)21(26)22(28)27(18)14-6-7-14/h3-5,8-10,14,18H,1,6-7,11H2,2H3,(H,29,30)/t18-/m0/s1. The van der Waals surface area contributed by atoms with E-state index in [-0.39, 0.29) is 29.9 Å². The molecule has 2 aromatic heterocycles. The van der Waals surface area contributed by atoms with Crippen LogP contribution in [-0.2, 0) is 20.2 Å². The fourth-order valence-corrected chi connectivity index (χ4v) is 4.81. The maximum absolute atomic E-state index is 14.1. The first-order chi connectivity index (χ1) is 15.7. The lowest BCUT2D eigenvalue weighted by Gasteiger charge is -2.38. The lowest BCUT2D eigenvalue weighted by molar-refractivity contribution is 0.0557. The predicted molar refractivity (Wildman–Crippen MR) is 115 cm³/mol. The fraction of sp³-hybridized carbons (Fsp3) is 0.273. The number of rotatable bonds is 6. The third kappa shape index (κ3) is 3.64. The van der Waals surface area contributed by atoms with Crippen molar-refractivity contribution in [1.29, 1.82) is 0 Å². The zero-order chi connectivity index (χ0) is 23.5. The van der Waals surface area contributed by atoms with Crippen molar-refractivity contribution in [3.05, 3.63) is 66.2 Å². The molecule has 3 aromatic rings. The van der Waals surface area contributed by atoms with Crippen LogP contribution in [0, 0.1) is 11.6 Å². The van der Waals surface area contributed by atoms with Crippen molar-refractivity contribution < 1.29 is 32.1 Å². The van der Waals surface area contributed by atoms with Gasteiger partial charge in [-0.3, -0.25) is 19.2 Å². The fourth-order valence-electron chi connectivity index (χ4n) is 4.31. The van der Waals surface area contributed by atoms with E-state index in [1.165, 1.54) is 6.07 Å². The number of halogens is 2. The molecule has 1 amide bonds. The number of hydrogen-bond donors (Lipinski definition) is 1. The Morgan fingerprint density at radius 2 is 2.03 bits per heavy atom. The van der Waals surface area contributed by atoms with E-state index in [1.807, 2.05) is 0 Å². The maximum Gasteiger partial charge on any atom is 0.526 e. The van der Waals surface area contributed by atoms with E-state index >= 15 is 0 Å². The number of hydrogen-bond acceptors (Lipinski definition) is 5. The highest BCUT2D eigenvalue weighted by Gasteiger charge is 2.46. The molecule has 1 aliphatic heterocycles. The van der Waals surface area contributed by atoms with Crippen LogP contribution < -0.4 is 0 Å². The van der Waals surface area contributed by atoms with Crippen LogP contribution in [-0.4, -0.2) is 44.4 Å². The zero-order valence-electron chi connectivity index (χ0n) is 17.6. The van der Waals surface area contributed by atoms with Crippen molar-refractivity contribution in [3.8, 4) is 11.1 Å². The second-order valence-electron chi connectivity index (χ2n) is 8.00. The topological polar surface area (TPSA) is 93.9 Å². The summed E-state index contributed by atoms with van der Waals surface area (Å²) in [6, 6.07) is 6.10. The van der Waals surface area contributed by atoms with E-state index in [0.29, 0.717) is 22.2 Å². The third-order valence-electron chi connectivity index (χ3n) is 5.93. The molecule has 1 aliphatic carbocycles. The van der Waals surface area contributed by atoms with E-state index < -0.39 is 25.5 Å². The van der Waals surface area contributed by atoms with Crippen molar-refractivity contribution in [1.82, 2.24) is 14.5 Å². The van der Waals surface area contributed by atoms with Gasteiger partial charge in [-0.2, -0.15) is 0 Å². The number of carbonyl (C=O) groups is 1. The number of carbonyl (C=O) groups excluding carboxylic acids is 1. The molecule has 2 atom stereocenters. The molecule has 0 bridgehead atoms. The Balaban J connectivity index is 1.69. The normalized spacial score (nSPS) is 19.9. The summed E-state index contributed by atoms with van der Waals surface area (Å²) in [5.41, 5.74) is 2.06. The molecule has 1 fully saturated rings. The molecular weight excluding hydrogens is 455 g/mol. The Morgan fingerprint density at radius 3 is 2.70 bits per heavy atom. The van der Waals surface area contributed by atoms with Gasteiger partial charge in [0.1, 0.15) is 17.5 Å². The molecular formula is C22H20F2N3O5P. The van der Waals surface area contributed by atoms with Gasteiger partial charge in [-0.05, 0) is 42.7 Å². The quantitative estimate of drug-likeness (QED) is 0.423. The Bertz CT molecular complexity index is 1350.